The highest BCUT2D eigenvalue weighted by Crippen LogP contribution is 2.21. The van der Waals surface area contributed by atoms with Crippen molar-refractivity contribution < 1.29 is 9.53 Å². The van der Waals surface area contributed by atoms with Crippen molar-refractivity contribution >= 4 is 5.91 Å². The third kappa shape index (κ3) is 2.99. The average molecular weight is 240 g/mol. The maximum Gasteiger partial charge on any atom is 0.222 e. The van der Waals surface area contributed by atoms with Crippen LogP contribution < -0.4 is 0 Å². The Labute approximate surface area is 104 Å². The molecule has 0 aromatic carbocycles. The van der Waals surface area contributed by atoms with E-state index in [2.05, 4.69) is 11.9 Å². The highest BCUT2D eigenvalue weighted by molar-refractivity contribution is 5.75. The largest absolute Gasteiger partial charge is 0.380 e. The van der Waals surface area contributed by atoms with Gasteiger partial charge in [0, 0.05) is 38.2 Å². The van der Waals surface area contributed by atoms with Crippen LogP contribution in [0.25, 0.3) is 0 Å². The van der Waals surface area contributed by atoms with Crippen LogP contribution in [-0.4, -0.2) is 61.1 Å². The fourth-order valence-corrected chi connectivity index (χ4v) is 2.89. The number of ether oxygens (including phenoxy) is 1. The molecule has 0 aromatic rings. The molecule has 2 rings (SSSR count). The van der Waals surface area contributed by atoms with Crippen LogP contribution in [0.5, 0.6) is 0 Å². The first-order valence-electron chi connectivity index (χ1n) is 6.79. The standard InChI is InChI=1S/C13H24N2O2/c1-3-13(16)15-7-4-11(5-8-15)14(2)12-6-9-17-10-12/h11-12H,3-10H2,1-2H3/t12-/m0/s1. The van der Waals surface area contributed by atoms with Gasteiger partial charge in [0.2, 0.25) is 5.91 Å². The number of hydrogen-bond donors (Lipinski definition) is 0. The molecule has 0 saturated carbocycles. The van der Waals surface area contributed by atoms with Crippen molar-refractivity contribution in [2.24, 2.45) is 0 Å². The number of piperidine rings is 1. The quantitative estimate of drug-likeness (QED) is 0.741. The molecule has 98 valence electrons. The average Bonchev–Trinajstić information content (AvgIpc) is 2.91. The zero-order valence-electron chi connectivity index (χ0n) is 11.0. The number of nitrogens with zero attached hydrogens (tertiary/aromatic N) is 2. The van der Waals surface area contributed by atoms with Crippen LogP contribution in [0.3, 0.4) is 0 Å². The molecular weight excluding hydrogens is 216 g/mol. The van der Waals surface area contributed by atoms with Gasteiger partial charge in [0.15, 0.2) is 0 Å². The Balaban J connectivity index is 1.79. The van der Waals surface area contributed by atoms with E-state index in [1.54, 1.807) is 0 Å². The van der Waals surface area contributed by atoms with Gasteiger partial charge >= 0.3 is 0 Å². The molecule has 0 N–H and O–H groups in total. The summed E-state index contributed by atoms with van der Waals surface area (Å²) in [7, 11) is 2.21. The summed E-state index contributed by atoms with van der Waals surface area (Å²) >= 11 is 0. The topological polar surface area (TPSA) is 32.8 Å². The highest BCUT2D eigenvalue weighted by Gasteiger charge is 2.29. The van der Waals surface area contributed by atoms with Gasteiger partial charge in [-0.15, -0.1) is 0 Å². The number of rotatable bonds is 3. The second-order valence-corrected chi connectivity index (χ2v) is 5.15. The molecule has 0 spiro atoms. The number of amides is 1. The minimum Gasteiger partial charge on any atom is -0.380 e. The maximum atomic E-state index is 11.6. The van der Waals surface area contributed by atoms with E-state index < -0.39 is 0 Å². The van der Waals surface area contributed by atoms with E-state index in [-0.39, 0.29) is 0 Å². The van der Waals surface area contributed by atoms with Crippen LogP contribution >= 0.6 is 0 Å². The molecule has 0 radical (unpaired) electrons. The lowest BCUT2D eigenvalue weighted by Crippen LogP contribution is -2.48. The van der Waals surface area contributed by atoms with E-state index in [4.69, 9.17) is 4.74 Å². The predicted octanol–water partition coefficient (Wildman–Crippen LogP) is 1.11. The fourth-order valence-electron chi connectivity index (χ4n) is 2.89. The second kappa shape index (κ2) is 5.83. The molecule has 0 bridgehead atoms. The van der Waals surface area contributed by atoms with Crippen molar-refractivity contribution in [1.82, 2.24) is 9.80 Å². The molecule has 0 aliphatic carbocycles. The lowest BCUT2D eigenvalue weighted by atomic mass is 10.0. The van der Waals surface area contributed by atoms with Crippen molar-refractivity contribution in [1.29, 1.82) is 0 Å². The molecule has 2 saturated heterocycles. The number of carbonyl (C=O) groups is 1. The molecule has 0 unspecified atom stereocenters. The number of likely N-dealkylation sites (N-methyl/N-ethyl adjacent to an activating group) is 1. The summed E-state index contributed by atoms with van der Waals surface area (Å²) in [4.78, 5) is 16.1. The molecule has 4 heteroatoms. The van der Waals surface area contributed by atoms with Crippen LogP contribution in [0.4, 0.5) is 0 Å². The molecule has 2 fully saturated rings. The van der Waals surface area contributed by atoms with Gasteiger partial charge in [-0.1, -0.05) is 6.92 Å². The van der Waals surface area contributed by atoms with Crippen LogP contribution in [-0.2, 0) is 9.53 Å². The Morgan fingerprint density at radius 1 is 1.29 bits per heavy atom. The Kier molecular flexibility index (Phi) is 4.40. The van der Waals surface area contributed by atoms with Gasteiger partial charge < -0.3 is 9.64 Å². The first kappa shape index (κ1) is 12.8. The van der Waals surface area contributed by atoms with Gasteiger partial charge in [0.1, 0.15) is 0 Å². The third-order valence-corrected chi connectivity index (χ3v) is 4.18. The molecule has 2 heterocycles. The van der Waals surface area contributed by atoms with Crippen molar-refractivity contribution in [3.05, 3.63) is 0 Å². The third-order valence-electron chi connectivity index (χ3n) is 4.18. The Morgan fingerprint density at radius 2 is 2.00 bits per heavy atom. The van der Waals surface area contributed by atoms with Gasteiger partial charge in [-0.25, -0.2) is 0 Å². The molecule has 1 atom stereocenters. The van der Waals surface area contributed by atoms with Crippen LogP contribution in [0.1, 0.15) is 32.6 Å². The van der Waals surface area contributed by atoms with Gasteiger partial charge in [-0.05, 0) is 26.3 Å². The van der Waals surface area contributed by atoms with Gasteiger partial charge in [-0.2, -0.15) is 0 Å². The molecule has 2 aliphatic heterocycles. The number of carbonyl (C=O) groups excluding carboxylic acids is 1. The predicted molar refractivity (Wildman–Crippen MR) is 66.9 cm³/mol. The van der Waals surface area contributed by atoms with E-state index in [1.165, 1.54) is 0 Å². The molecule has 1 amide bonds. The van der Waals surface area contributed by atoms with E-state index in [0.29, 0.717) is 24.4 Å². The highest BCUT2D eigenvalue weighted by atomic mass is 16.5. The summed E-state index contributed by atoms with van der Waals surface area (Å²) < 4.78 is 5.44. The van der Waals surface area contributed by atoms with E-state index in [9.17, 15) is 4.79 Å². The molecule has 2 aliphatic rings. The van der Waals surface area contributed by atoms with Crippen molar-refractivity contribution in [3.63, 3.8) is 0 Å². The zero-order valence-corrected chi connectivity index (χ0v) is 11.0. The SMILES string of the molecule is CCC(=O)N1CCC(N(C)[C@H]2CCOC2)CC1. The lowest BCUT2D eigenvalue weighted by molar-refractivity contribution is -0.132. The first-order valence-corrected chi connectivity index (χ1v) is 6.79. The van der Waals surface area contributed by atoms with Crippen LogP contribution in [0, 0.1) is 0 Å². The maximum absolute atomic E-state index is 11.6. The Bertz CT molecular complexity index is 256. The molecule has 4 nitrogen and oxygen atoms in total. The zero-order chi connectivity index (χ0) is 12.3. The number of hydrogen-bond acceptors (Lipinski definition) is 3. The van der Waals surface area contributed by atoms with E-state index >= 15 is 0 Å². The Hall–Kier alpha value is -0.610. The summed E-state index contributed by atoms with van der Waals surface area (Å²) in [5.74, 6) is 0.301. The molecule has 17 heavy (non-hydrogen) atoms. The van der Waals surface area contributed by atoms with Gasteiger partial charge in [0.25, 0.3) is 0 Å². The van der Waals surface area contributed by atoms with Crippen LogP contribution in [0.15, 0.2) is 0 Å². The van der Waals surface area contributed by atoms with Crippen molar-refractivity contribution in [2.45, 2.75) is 44.7 Å². The van der Waals surface area contributed by atoms with Crippen molar-refractivity contribution in [3.8, 4) is 0 Å². The first-order chi connectivity index (χ1) is 8.22. The monoisotopic (exact) mass is 240 g/mol. The summed E-state index contributed by atoms with van der Waals surface area (Å²) in [5, 5.41) is 0. The van der Waals surface area contributed by atoms with E-state index in [1.807, 2.05) is 11.8 Å². The summed E-state index contributed by atoms with van der Waals surface area (Å²) in [5.41, 5.74) is 0. The minimum atomic E-state index is 0.301. The van der Waals surface area contributed by atoms with Gasteiger partial charge in [0.05, 0.1) is 6.61 Å². The summed E-state index contributed by atoms with van der Waals surface area (Å²) in [6.07, 6.45) is 4.01. The smallest absolute Gasteiger partial charge is 0.222 e. The Morgan fingerprint density at radius 3 is 2.53 bits per heavy atom. The summed E-state index contributed by atoms with van der Waals surface area (Å²) in [6.45, 7) is 5.58. The van der Waals surface area contributed by atoms with Gasteiger partial charge in [-0.3, -0.25) is 9.69 Å². The normalized spacial score (nSPS) is 26.8. The molecular formula is C13H24N2O2. The van der Waals surface area contributed by atoms with E-state index in [0.717, 1.165) is 45.6 Å². The van der Waals surface area contributed by atoms with Crippen LogP contribution in [0.2, 0.25) is 0 Å². The van der Waals surface area contributed by atoms with Crippen molar-refractivity contribution in [2.75, 3.05) is 33.4 Å². The summed E-state index contributed by atoms with van der Waals surface area (Å²) in [6, 6.07) is 1.22. The minimum absolute atomic E-state index is 0.301. The second-order valence-electron chi connectivity index (χ2n) is 5.15. The number of likely N-dealkylation sites (tertiary alicyclic amines) is 1. The lowest BCUT2D eigenvalue weighted by Gasteiger charge is -2.39. The fraction of sp³-hybridized carbons (Fsp3) is 0.923. The molecule has 0 aromatic heterocycles.